The zero-order chi connectivity index (χ0) is 25.6. The van der Waals surface area contributed by atoms with Gasteiger partial charge < -0.3 is 24.6 Å². The van der Waals surface area contributed by atoms with E-state index in [2.05, 4.69) is 9.80 Å². The first kappa shape index (κ1) is 24.6. The van der Waals surface area contributed by atoms with Crippen molar-refractivity contribution in [3.05, 3.63) is 57.2 Å². The Morgan fingerprint density at radius 3 is 2.47 bits per heavy atom. The van der Waals surface area contributed by atoms with Crippen LogP contribution in [0.4, 0.5) is 0 Å². The van der Waals surface area contributed by atoms with Gasteiger partial charge in [0, 0.05) is 41.8 Å². The van der Waals surface area contributed by atoms with Crippen LogP contribution in [0, 0.1) is 5.92 Å². The first-order chi connectivity index (χ1) is 17.2. The lowest BCUT2D eigenvalue weighted by Gasteiger charge is -2.45. The molecule has 36 heavy (non-hydrogen) atoms. The average molecular weight is 513 g/mol. The SMILES string of the molecule is CN1CC[C@H](c2c(O)cc(O)c3c(=O)cc(-c4ccccc4Cl)oc23)[C@H](N2CCC(C(=O)O)CC2)C1. The number of fused-ring (bicyclic) bond motifs is 1. The Labute approximate surface area is 213 Å². The third-order valence-corrected chi connectivity index (χ3v) is 7.97. The van der Waals surface area contributed by atoms with Crippen molar-refractivity contribution in [2.45, 2.75) is 31.2 Å². The zero-order valence-corrected chi connectivity index (χ0v) is 20.7. The van der Waals surface area contributed by atoms with Gasteiger partial charge in [-0.25, -0.2) is 0 Å². The highest BCUT2D eigenvalue weighted by atomic mass is 35.5. The third-order valence-electron chi connectivity index (χ3n) is 7.64. The number of aromatic hydroxyl groups is 2. The van der Waals surface area contributed by atoms with E-state index in [4.69, 9.17) is 16.0 Å². The molecule has 0 radical (unpaired) electrons. The topological polar surface area (TPSA) is 114 Å². The standard InChI is InChI=1S/C27H29ClN2O6/c1-29-9-8-17(19(14-29)30-10-6-15(7-11-30)27(34)35)24-20(31)12-21(32)25-22(33)13-23(36-26(24)25)16-4-2-3-5-18(16)28/h2-5,12-13,15,17,19,31-32H,6-11,14H2,1H3,(H,34,35)/t17-,19+/m0/s1. The zero-order valence-electron chi connectivity index (χ0n) is 20.0. The number of phenols is 2. The summed E-state index contributed by atoms with van der Waals surface area (Å²) in [5, 5.41) is 31.5. The number of carbonyl (C=O) groups is 1. The van der Waals surface area contributed by atoms with Gasteiger partial charge in [0.25, 0.3) is 0 Å². The average Bonchev–Trinajstić information content (AvgIpc) is 2.84. The minimum Gasteiger partial charge on any atom is -0.507 e. The molecule has 2 aromatic carbocycles. The summed E-state index contributed by atoms with van der Waals surface area (Å²) in [7, 11) is 2.04. The number of likely N-dealkylation sites (N-methyl/N-ethyl adjacent to an activating group) is 1. The van der Waals surface area contributed by atoms with Crippen LogP contribution in [-0.4, -0.2) is 70.4 Å². The number of carboxylic acid groups (broad SMARTS) is 1. The lowest BCUT2D eigenvalue weighted by Crippen LogP contribution is -2.53. The van der Waals surface area contributed by atoms with Gasteiger partial charge in [0.15, 0.2) is 5.43 Å². The molecule has 0 saturated carbocycles. The van der Waals surface area contributed by atoms with Crippen LogP contribution in [0.1, 0.15) is 30.7 Å². The van der Waals surface area contributed by atoms with E-state index in [-0.39, 0.29) is 46.1 Å². The molecule has 3 N–H and O–H groups in total. The Morgan fingerprint density at radius 2 is 1.78 bits per heavy atom. The van der Waals surface area contributed by atoms with Gasteiger partial charge in [0.2, 0.25) is 0 Å². The maximum absolute atomic E-state index is 13.2. The third kappa shape index (κ3) is 4.45. The Hall–Kier alpha value is -3.07. The van der Waals surface area contributed by atoms with E-state index in [9.17, 15) is 24.9 Å². The van der Waals surface area contributed by atoms with Gasteiger partial charge >= 0.3 is 5.97 Å². The highest BCUT2D eigenvalue weighted by molar-refractivity contribution is 6.33. The Bertz CT molecular complexity index is 1360. The van der Waals surface area contributed by atoms with Gasteiger partial charge in [-0.1, -0.05) is 23.7 Å². The Kier molecular flexibility index (Phi) is 6.68. The molecule has 1 aromatic heterocycles. The van der Waals surface area contributed by atoms with Crippen molar-refractivity contribution in [2.75, 3.05) is 33.2 Å². The van der Waals surface area contributed by atoms with E-state index >= 15 is 0 Å². The predicted octanol–water partition coefficient (Wildman–Crippen LogP) is 4.11. The summed E-state index contributed by atoms with van der Waals surface area (Å²) >= 11 is 6.37. The van der Waals surface area contributed by atoms with E-state index < -0.39 is 11.4 Å². The number of carboxylic acids is 1. The lowest BCUT2D eigenvalue weighted by atomic mass is 9.81. The van der Waals surface area contributed by atoms with Crippen LogP contribution in [0.15, 0.2) is 45.6 Å². The normalized spacial score (nSPS) is 22.2. The Balaban J connectivity index is 1.63. The monoisotopic (exact) mass is 512 g/mol. The van der Waals surface area contributed by atoms with Gasteiger partial charge in [-0.15, -0.1) is 0 Å². The van der Waals surface area contributed by atoms with E-state index in [1.165, 1.54) is 12.1 Å². The minimum absolute atomic E-state index is 0.0218. The van der Waals surface area contributed by atoms with E-state index in [1.54, 1.807) is 24.3 Å². The molecule has 0 spiro atoms. The van der Waals surface area contributed by atoms with Crippen LogP contribution in [0.5, 0.6) is 11.5 Å². The molecule has 2 aliphatic heterocycles. The molecular weight excluding hydrogens is 484 g/mol. The molecule has 5 rings (SSSR count). The van der Waals surface area contributed by atoms with Crippen LogP contribution >= 0.6 is 11.6 Å². The predicted molar refractivity (Wildman–Crippen MR) is 137 cm³/mol. The molecule has 0 amide bonds. The second-order valence-electron chi connectivity index (χ2n) is 9.86. The van der Waals surface area contributed by atoms with Crippen molar-refractivity contribution in [3.63, 3.8) is 0 Å². The fraction of sp³-hybridized carbons (Fsp3) is 0.407. The number of rotatable bonds is 4. The maximum Gasteiger partial charge on any atom is 0.306 e. The number of piperidine rings is 2. The summed E-state index contributed by atoms with van der Waals surface area (Å²) in [6, 6.07) is 9.54. The number of phenolic OH excluding ortho intramolecular Hbond substituents is 2. The molecular formula is C27H29ClN2O6. The van der Waals surface area contributed by atoms with Crippen LogP contribution in [0.25, 0.3) is 22.3 Å². The van der Waals surface area contributed by atoms with Gasteiger partial charge in [-0.3, -0.25) is 14.5 Å². The molecule has 0 unspecified atom stereocenters. The van der Waals surface area contributed by atoms with Crippen molar-refractivity contribution in [1.29, 1.82) is 0 Å². The molecule has 2 aliphatic rings. The van der Waals surface area contributed by atoms with Gasteiger partial charge in [0.1, 0.15) is 28.2 Å². The van der Waals surface area contributed by atoms with Gasteiger partial charge in [-0.05, 0) is 58.1 Å². The smallest absolute Gasteiger partial charge is 0.306 e. The first-order valence-corrected chi connectivity index (χ1v) is 12.6. The summed E-state index contributed by atoms with van der Waals surface area (Å²) in [5.74, 6) is -1.49. The molecule has 0 aliphatic carbocycles. The molecule has 8 nitrogen and oxygen atoms in total. The van der Waals surface area contributed by atoms with E-state index in [0.717, 1.165) is 13.1 Å². The van der Waals surface area contributed by atoms with Crippen molar-refractivity contribution in [1.82, 2.24) is 9.80 Å². The largest absolute Gasteiger partial charge is 0.507 e. The number of likely N-dealkylation sites (tertiary alicyclic amines) is 2. The molecule has 190 valence electrons. The Morgan fingerprint density at radius 1 is 1.06 bits per heavy atom. The summed E-state index contributed by atoms with van der Waals surface area (Å²) in [6.07, 6.45) is 1.83. The number of hydrogen-bond donors (Lipinski definition) is 3. The molecule has 2 fully saturated rings. The minimum atomic E-state index is -0.761. The summed E-state index contributed by atoms with van der Waals surface area (Å²) in [5.41, 5.74) is 0.779. The number of hydrogen-bond acceptors (Lipinski definition) is 7. The molecule has 3 aromatic rings. The van der Waals surface area contributed by atoms with Crippen LogP contribution in [-0.2, 0) is 4.79 Å². The van der Waals surface area contributed by atoms with Gasteiger partial charge in [-0.2, -0.15) is 0 Å². The second kappa shape index (κ2) is 9.76. The summed E-state index contributed by atoms with van der Waals surface area (Å²) in [6.45, 7) is 2.77. The molecule has 0 bridgehead atoms. The lowest BCUT2D eigenvalue weighted by molar-refractivity contribution is -0.143. The fourth-order valence-corrected chi connectivity index (χ4v) is 5.98. The number of benzene rings is 2. The van der Waals surface area contributed by atoms with Crippen LogP contribution in [0.3, 0.4) is 0 Å². The molecule has 2 saturated heterocycles. The van der Waals surface area contributed by atoms with Crippen molar-refractivity contribution in [2.24, 2.45) is 5.92 Å². The van der Waals surface area contributed by atoms with Crippen molar-refractivity contribution in [3.8, 4) is 22.8 Å². The number of aliphatic carboxylic acids is 1. The highest BCUT2D eigenvalue weighted by Crippen LogP contribution is 2.44. The quantitative estimate of drug-likeness (QED) is 0.478. The van der Waals surface area contributed by atoms with Crippen molar-refractivity contribution >= 4 is 28.5 Å². The number of halogens is 1. The fourth-order valence-electron chi connectivity index (χ4n) is 5.75. The van der Waals surface area contributed by atoms with Gasteiger partial charge in [0.05, 0.1) is 10.9 Å². The second-order valence-corrected chi connectivity index (χ2v) is 10.3. The number of nitrogens with zero attached hydrogens (tertiary/aromatic N) is 2. The summed E-state index contributed by atoms with van der Waals surface area (Å²) < 4.78 is 6.25. The van der Waals surface area contributed by atoms with Crippen molar-refractivity contribution < 1.29 is 24.5 Å². The van der Waals surface area contributed by atoms with E-state index in [1.807, 2.05) is 7.05 Å². The maximum atomic E-state index is 13.2. The van der Waals surface area contributed by atoms with E-state index in [0.29, 0.717) is 48.5 Å². The van der Waals surface area contributed by atoms with Crippen LogP contribution in [0.2, 0.25) is 5.02 Å². The highest BCUT2D eigenvalue weighted by Gasteiger charge is 2.39. The molecule has 2 atom stereocenters. The molecule has 3 heterocycles. The summed E-state index contributed by atoms with van der Waals surface area (Å²) in [4.78, 5) is 29.1. The molecule has 9 heteroatoms. The van der Waals surface area contributed by atoms with Crippen LogP contribution < -0.4 is 5.43 Å². The first-order valence-electron chi connectivity index (χ1n) is 12.2.